The lowest BCUT2D eigenvalue weighted by Gasteiger charge is -2.05. The van der Waals surface area contributed by atoms with Crippen molar-refractivity contribution >= 4 is 37.6 Å². The summed E-state index contributed by atoms with van der Waals surface area (Å²) in [7, 11) is -2.40. The van der Waals surface area contributed by atoms with Gasteiger partial charge >= 0.3 is 0 Å². The highest BCUT2D eigenvalue weighted by Gasteiger charge is 2.20. The molecule has 6 nitrogen and oxygen atoms in total. The average Bonchev–Trinajstić information content (AvgIpc) is 2.63. The molecule has 0 saturated carbocycles. The lowest BCUT2D eigenvalue weighted by Crippen LogP contribution is -2.17. The largest absolute Gasteiger partial charge is 0.300 e. The van der Waals surface area contributed by atoms with Crippen LogP contribution in [0, 0.1) is 0 Å². The summed E-state index contributed by atoms with van der Waals surface area (Å²) in [6, 6.07) is 5.16. The number of aromatic nitrogens is 3. The summed E-state index contributed by atoms with van der Waals surface area (Å²) in [5, 5.41) is 12.5. The molecular weight excluding hydrogens is 344 g/mol. The Balaban J connectivity index is 2.67. The summed E-state index contributed by atoms with van der Waals surface area (Å²) in [5.74, 6) is 0.324. The van der Waals surface area contributed by atoms with Crippen molar-refractivity contribution in [2.24, 2.45) is 12.2 Å². The number of primary sulfonamides is 1. The lowest BCUT2D eigenvalue weighted by molar-refractivity contribution is 0.580. The molecule has 1 aromatic carbocycles. The third-order valence-corrected chi connectivity index (χ3v) is 3.95. The molecule has 0 amide bonds. The Morgan fingerprint density at radius 1 is 1.39 bits per heavy atom. The number of rotatable bonds is 2. The molecule has 9 heteroatoms. The van der Waals surface area contributed by atoms with Gasteiger partial charge in [-0.3, -0.25) is 4.57 Å². The van der Waals surface area contributed by atoms with E-state index in [1.165, 1.54) is 11.6 Å². The van der Waals surface area contributed by atoms with Crippen molar-refractivity contribution in [1.82, 2.24) is 14.8 Å². The number of halogens is 2. The highest BCUT2D eigenvalue weighted by atomic mass is 79.9. The maximum atomic E-state index is 11.3. The number of hydrogen-bond donors (Lipinski definition) is 1. The average molecular weight is 352 g/mol. The van der Waals surface area contributed by atoms with Crippen LogP contribution in [-0.4, -0.2) is 23.2 Å². The Kier molecular flexibility index (Phi) is 3.45. The van der Waals surface area contributed by atoms with Gasteiger partial charge in [-0.15, -0.1) is 10.2 Å². The molecule has 0 fully saturated rings. The summed E-state index contributed by atoms with van der Waals surface area (Å²) < 4.78 is 24.6. The van der Waals surface area contributed by atoms with E-state index in [0.717, 1.165) is 4.47 Å². The van der Waals surface area contributed by atoms with E-state index in [4.69, 9.17) is 16.7 Å². The molecule has 0 atom stereocenters. The predicted octanol–water partition coefficient (Wildman–Crippen LogP) is 1.55. The van der Waals surface area contributed by atoms with Crippen LogP contribution in [0.4, 0.5) is 0 Å². The molecule has 2 aromatic rings. The van der Waals surface area contributed by atoms with Crippen molar-refractivity contribution in [2.45, 2.75) is 5.16 Å². The number of sulfonamides is 1. The van der Waals surface area contributed by atoms with E-state index in [2.05, 4.69) is 26.1 Å². The number of nitrogens with zero attached hydrogens (tertiary/aromatic N) is 3. The Hall–Kier alpha value is -0.960. The fraction of sp³-hybridized carbons (Fsp3) is 0.111. The third-order valence-electron chi connectivity index (χ3n) is 2.26. The summed E-state index contributed by atoms with van der Waals surface area (Å²) in [6.45, 7) is 0. The summed E-state index contributed by atoms with van der Waals surface area (Å²) >= 11 is 9.35. The molecule has 1 heterocycles. The molecule has 2 N–H and O–H groups in total. The second-order valence-corrected chi connectivity index (χ2v) is 6.31. The van der Waals surface area contributed by atoms with Crippen molar-refractivity contribution in [3.8, 4) is 11.4 Å². The molecule has 0 spiro atoms. The van der Waals surface area contributed by atoms with Gasteiger partial charge in [0.1, 0.15) is 0 Å². The van der Waals surface area contributed by atoms with Gasteiger partial charge in [-0.2, -0.15) is 0 Å². The van der Waals surface area contributed by atoms with Crippen LogP contribution >= 0.6 is 27.5 Å². The first-order chi connectivity index (χ1) is 8.30. The normalized spacial score (nSPS) is 11.8. The van der Waals surface area contributed by atoms with Gasteiger partial charge in [0.05, 0.1) is 5.02 Å². The quantitative estimate of drug-likeness (QED) is 0.888. The van der Waals surface area contributed by atoms with Crippen LogP contribution in [0.5, 0.6) is 0 Å². The van der Waals surface area contributed by atoms with Gasteiger partial charge < -0.3 is 0 Å². The number of nitrogens with two attached hydrogens (primary N) is 1. The van der Waals surface area contributed by atoms with Crippen molar-refractivity contribution in [3.05, 3.63) is 27.7 Å². The van der Waals surface area contributed by atoms with Crippen molar-refractivity contribution in [2.75, 3.05) is 0 Å². The zero-order valence-electron chi connectivity index (χ0n) is 9.13. The van der Waals surface area contributed by atoms with E-state index >= 15 is 0 Å². The number of benzene rings is 1. The van der Waals surface area contributed by atoms with Crippen molar-refractivity contribution in [1.29, 1.82) is 0 Å². The summed E-state index contributed by atoms with van der Waals surface area (Å²) in [4.78, 5) is 0. The molecular formula is C9H8BrClN4O2S. The zero-order valence-corrected chi connectivity index (χ0v) is 12.3. The van der Waals surface area contributed by atoms with E-state index in [1.54, 1.807) is 18.2 Å². The van der Waals surface area contributed by atoms with Gasteiger partial charge in [-0.25, -0.2) is 13.6 Å². The minimum absolute atomic E-state index is 0.312. The minimum Gasteiger partial charge on any atom is -0.300 e. The Labute approximate surface area is 117 Å². The van der Waals surface area contributed by atoms with E-state index in [1.807, 2.05) is 0 Å². The molecule has 0 aliphatic heterocycles. The van der Waals surface area contributed by atoms with Crippen molar-refractivity contribution in [3.63, 3.8) is 0 Å². The third kappa shape index (κ3) is 2.41. The van der Waals surface area contributed by atoms with Crippen LogP contribution in [0.3, 0.4) is 0 Å². The highest BCUT2D eigenvalue weighted by Crippen LogP contribution is 2.29. The molecule has 2 rings (SSSR count). The molecule has 0 aliphatic rings. The number of hydrogen-bond acceptors (Lipinski definition) is 4. The smallest absolute Gasteiger partial charge is 0.273 e. The van der Waals surface area contributed by atoms with E-state index in [0.29, 0.717) is 16.4 Å². The van der Waals surface area contributed by atoms with Gasteiger partial charge in [-0.1, -0.05) is 27.5 Å². The minimum atomic E-state index is -3.91. The van der Waals surface area contributed by atoms with Crippen LogP contribution in [0.15, 0.2) is 27.8 Å². The lowest BCUT2D eigenvalue weighted by atomic mass is 10.2. The molecule has 0 radical (unpaired) electrons. The Morgan fingerprint density at radius 3 is 2.61 bits per heavy atom. The Morgan fingerprint density at radius 2 is 2.06 bits per heavy atom. The summed E-state index contributed by atoms with van der Waals surface area (Å²) in [6.07, 6.45) is 0. The van der Waals surface area contributed by atoms with Gasteiger partial charge in [0.25, 0.3) is 15.2 Å². The molecule has 0 bridgehead atoms. The van der Waals surface area contributed by atoms with Crippen LogP contribution in [-0.2, 0) is 17.1 Å². The summed E-state index contributed by atoms with van der Waals surface area (Å²) in [5.41, 5.74) is 0.566. The second-order valence-electron chi connectivity index (χ2n) is 3.53. The fourth-order valence-electron chi connectivity index (χ4n) is 1.47. The van der Waals surface area contributed by atoms with E-state index in [-0.39, 0.29) is 5.16 Å². The van der Waals surface area contributed by atoms with Crippen molar-refractivity contribution < 1.29 is 8.42 Å². The topological polar surface area (TPSA) is 90.9 Å². The standard InChI is InChI=1S/C9H8BrClN4O2S/c1-15-8(13-14-9(15)18(12,16)17)6-4-5(10)2-3-7(6)11/h2-4H,1H3,(H2,12,16,17). The molecule has 96 valence electrons. The maximum Gasteiger partial charge on any atom is 0.273 e. The second kappa shape index (κ2) is 4.61. The van der Waals surface area contributed by atoms with Crippen LogP contribution in [0.1, 0.15) is 0 Å². The molecule has 0 saturated heterocycles. The first kappa shape index (κ1) is 13.5. The molecule has 0 aliphatic carbocycles. The van der Waals surface area contributed by atoms with Gasteiger partial charge in [0.2, 0.25) is 0 Å². The van der Waals surface area contributed by atoms with Crippen LogP contribution in [0.2, 0.25) is 5.02 Å². The first-order valence-electron chi connectivity index (χ1n) is 4.68. The van der Waals surface area contributed by atoms with E-state index < -0.39 is 10.0 Å². The highest BCUT2D eigenvalue weighted by molar-refractivity contribution is 9.10. The molecule has 0 unspecified atom stereocenters. The van der Waals surface area contributed by atoms with Gasteiger partial charge in [0.15, 0.2) is 5.82 Å². The SMILES string of the molecule is Cn1c(-c2cc(Br)ccc2Cl)nnc1S(N)(=O)=O. The maximum absolute atomic E-state index is 11.3. The van der Waals surface area contributed by atoms with Gasteiger partial charge in [0, 0.05) is 17.1 Å². The molecule has 1 aromatic heterocycles. The van der Waals surface area contributed by atoms with Gasteiger partial charge in [-0.05, 0) is 18.2 Å². The predicted molar refractivity (Wildman–Crippen MR) is 70.5 cm³/mol. The Bertz CT molecular complexity index is 713. The monoisotopic (exact) mass is 350 g/mol. The first-order valence-corrected chi connectivity index (χ1v) is 7.40. The van der Waals surface area contributed by atoms with E-state index in [9.17, 15) is 8.42 Å². The zero-order chi connectivity index (χ0) is 13.5. The fourth-order valence-corrected chi connectivity index (χ4v) is 2.65. The van der Waals surface area contributed by atoms with Crippen LogP contribution < -0.4 is 5.14 Å². The van der Waals surface area contributed by atoms with Crippen LogP contribution in [0.25, 0.3) is 11.4 Å². The molecule has 18 heavy (non-hydrogen) atoms.